The molecule has 2 N–H and O–H groups in total. The van der Waals surface area contributed by atoms with Crippen LogP contribution in [0.3, 0.4) is 0 Å². The summed E-state index contributed by atoms with van der Waals surface area (Å²) in [5, 5.41) is 18.3. The van der Waals surface area contributed by atoms with E-state index in [1.165, 1.54) is 24.9 Å². The van der Waals surface area contributed by atoms with Crippen molar-refractivity contribution in [2.24, 2.45) is 0 Å². The largest absolute Gasteiger partial charge is 0.488 e. The Balaban J connectivity index is 2.19. The summed E-state index contributed by atoms with van der Waals surface area (Å²) in [7, 11) is -1.37. The van der Waals surface area contributed by atoms with E-state index in [9.17, 15) is 0 Å². The van der Waals surface area contributed by atoms with Gasteiger partial charge < -0.3 is 14.9 Å². The number of aryl methyl sites for hydroxylation is 1. The summed E-state index contributed by atoms with van der Waals surface area (Å²) < 4.78 is 0. The lowest BCUT2D eigenvalue weighted by Gasteiger charge is -2.29. The van der Waals surface area contributed by atoms with Crippen molar-refractivity contribution in [1.82, 2.24) is 0 Å². The predicted octanol–water partition coefficient (Wildman–Crippen LogP) is 0.665. The molecule has 1 fully saturated rings. The van der Waals surface area contributed by atoms with Crippen LogP contribution in [0.5, 0.6) is 0 Å². The van der Waals surface area contributed by atoms with E-state index in [1.54, 1.807) is 0 Å². The first kappa shape index (κ1) is 11.5. The van der Waals surface area contributed by atoms with Crippen molar-refractivity contribution in [2.75, 3.05) is 18.0 Å². The number of anilines is 1. The molecule has 0 unspecified atom stereocenters. The highest BCUT2D eigenvalue weighted by Crippen LogP contribution is 2.19. The minimum atomic E-state index is -1.37. The first-order chi connectivity index (χ1) is 7.68. The molecule has 0 aromatic heterocycles. The van der Waals surface area contributed by atoms with Crippen molar-refractivity contribution in [3.63, 3.8) is 0 Å². The Morgan fingerprint density at radius 3 is 2.38 bits per heavy atom. The molecule has 1 saturated heterocycles. The van der Waals surface area contributed by atoms with E-state index in [0.717, 1.165) is 18.7 Å². The summed E-state index contributed by atoms with van der Waals surface area (Å²) in [6, 6.07) is 5.83. The SMILES string of the molecule is Cc1cc(N2CCCCC2)ccc1B(O)O. The van der Waals surface area contributed by atoms with Crippen LogP contribution in [0.2, 0.25) is 0 Å². The second-order valence-electron chi connectivity index (χ2n) is 4.46. The fourth-order valence-electron chi connectivity index (χ4n) is 2.30. The number of piperidine rings is 1. The molecular weight excluding hydrogens is 201 g/mol. The van der Waals surface area contributed by atoms with Crippen LogP contribution in [0, 0.1) is 6.92 Å². The van der Waals surface area contributed by atoms with Crippen LogP contribution >= 0.6 is 0 Å². The fourth-order valence-corrected chi connectivity index (χ4v) is 2.30. The number of hydrogen-bond donors (Lipinski definition) is 2. The summed E-state index contributed by atoms with van der Waals surface area (Å²) in [6.45, 7) is 4.14. The Morgan fingerprint density at radius 1 is 1.12 bits per heavy atom. The lowest BCUT2D eigenvalue weighted by Crippen LogP contribution is -2.33. The van der Waals surface area contributed by atoms with Gasteiger partial charge in [-0.3, -0.25) is 0 Å². The van der Waals surface area contributed by atoms with Gasteiger partial charge in [-0.05, 0) is 49.3 Å². The zero-order valence-electron chi connectivity index (χ0n) is 9.69. The van der Waals surface area contributed by atoms with Gasteiger partial charge in [-0.1, -0.05) is 6.07 Å². The monoisotopic (exact) mass is 219 g/mol. The maximum atomic E-state index is 9.15. The zero-order valence-corrected chi connectivity index (χ0v) is 9.69. The van der Waals surface area contributed by atoms with Gasteiger partial charge in [0.2, 0.25) is 0 Å². The van der Waals surface area contributed by atoms with E-state index in [0.29, 0.717) is 5.46 Å². The third-order valence-corrected chi connectivity index (χ3v) is 3.25. The van der Waals surface area contributed by atoms with E-state index >= 15 is 0 Å². The first-order valence-corrected chi connectivity index (χ1v) is 5.90. The van der Waals surface area contributed by atoms with Crippen LogP contribution in [0.25, 0.3) is 0 Å². The maximum absolute atomic E-state index is 9.15. The van der Waals surface area contributed by atoms with E-state index in [4.69, 9.17) is 10.0 Å². The van der Waals surface area contributed by atoms with Crippen molar-refractivity contribution in [3.8, 4) is 0 Å². The lowest BCUT2D eigenvalue weighted by molar-refractivity contribution is 0.425. The van der Waals surface area contributed by atoms with Crippen LogP contribution in [0.1, 0.15) is 24.8 Å². The molecule has 0 bridgehead atoms. The molecule has 1 heterocycles. The minimum Gasteiger partial charge on any atom is -0.423 e. The van der Waals surface area contributed by atoms with Gasteiger partial charge >= 0.3 is 7.12 Å². The van der Waals surface area contributed by atoms with Crippen LogP contribution in [-0.4, -0.2) is 30.3 Å². The Bertz CT molecular complexity index is 362. The second-order valence-corrected chi connectivity index (χ2v) is 4.46. The molecule has 0 radical (unpaired) electrons. The smallest absolute Gasteiger partial charge is 0.423 e. The minimum absolute atomic E-state index is 0.598. The van der Waals surface area contributed by atoms with Gasteiger partial charge in [0.15, 0.2) is 0 Å². The standard InChI is InChI=1S/C12H18BNO2/c1-10-9-11(5-6-12(10)13(15)16)14-7-3-2-4-8-14/h5-6,9,15-16H,2-4,7-8H2,1H3. The van der Waals surface area contributed by atoms with Gasteiger partial charge in [0, 0.05) is 18.8 Å². The lowest BCUT2D eigenvalue weighted by atomic mass is 9.77. The highest BCUT2D eigenvalue weighted by Gasteiger charge is 2.16. The van der Waals surface area contributed by atoms with E-state index in [-0.39, 0.29) is 0 Å². The van der Waals surface area contributed by atoms with Crippen molar-refractivity contribution < 1.29 is 10.0 Å². The molecule has 1 aromatic rings. The van der Waals surface area contributed by atoms with Crippen LogP contribution < -0.4 is 10.4 Å². The number of nitrogens with zero attached hydrogens (tertiary/aromatic N) is 1. The van der Waals surface area contributed by atoms with Crippen molar-refractivity contribution in [1.29, 1.82) is 0 Å². The van der Waals surface area contributed by atoms with Crippen molar-refractivity contribution >= 4 is 18.3 Å². The molecule has 1 aliphatic rings. The summed E-state index contributed by atoms with van der Waals surface area (Å²) in [4.78, 5) is 2.37. The molecule has 0 aliphatic carbocycles. The zero-order chi connectivity index (χ0) is 11.5. The summed E-state index contributed by atoms with van der Waals surface area (Å²) in [5.41, 5.74) is 2.74. The van der Waals surface area contributed by atoms with Crippen molar-refractivity contribution in [3.05, 3.63) is 23.8 Å². The van der Waals surface area contributed by atoms with E-state index in [1.807, 2.05) is 25.1 Å². The highest BCUT2D eigenvalue weighted by molar-refractivity contribution is 6.59. The Morgan fingerprint density at radius 2 is 1.81 bits per heavy atom. The molecule has 0 atom stereocenters. The molecule has 0 amide bonds. The quantitative estimate of drug-likeness (QED) is 0.718. The van der Waals surface area contributed by atoms with Gasteiger partial charge in [-0.15, -0.1) is 0 Å². The van der Waals surface area contributed by atoms with Crippen LogP contribution in [0.15, 0.2) is 18.2 Å². The summed E-state index contributed by atoms with van der Waals surface area (Å²) in [5.74, 6) is 0. The number of rotatable bonds is 2. The molecule has 4 heteroatoms. The Hall–Kier alpha value is -0.995. The van der Waals surface area contributed by atoms with Gasteiger partial charge in [0.1, 0.15) is 0 Å². The van der Waals surface area contributed by atoms with Crippen LogP contribution in [0.4, 0.5) is 5.69 Å². The number of benzene rings is 1. The van der Waals surface area contributed by atoms with Gasteiger partial charge in [0.25, 0.3) is 0 Å². The second kappa shape index (κ2) is 4.89. The van der Waals surface area contributed by atoms with Crippen LogP contribution in [-0.2, 0) is 0 Å². The van der Waals surface area contributed by atoms with E-state index in [2.05, 4.69) is 4.90 Å². The maximum Gasteiger partial charge on any atom is 0.488 e. The molecule has 16 heavy (non-hydrogen) atoms. The molecule has 86 valence electrons. The molecule has 3 nitrogen and oxygen atoms in total. The average molecular weight is 219 g/mol. The third-order valence-electron chi connectivity index (χ3n) is 3.25. The summed E-state index contributed by atoms with van der Waals surface area (Å²) >= 11 is 0. The Labute approximate surface area is 96.9 Å². The molecule has 2 rings (SSSR count). The molecule has 1 aromatic carbocycles. The molecule has 0 spiro atoms. The topological polar surface area (TPSA) is 43.7 Å². The average Bonchev–Trinajstić information content (AvgIpc) is 2.29. The van der Waals surface area contributed by atoms with Gasteiger partial charge in [-0.25, -0.2) is 0 Å². The fraction of sp³-hybridized carbons (Fsp3) is 0.500. The molecule has 1 aliphatic heterocycles. The predicted molar refractivity (Wildman–Crippen MR) is 67.1 cm³/mol. The van der Waals surface area contributed by atoms with E-state index < -0.39 is 7.12 Å². The highest BCUT2D eigenvalue weighted by atomic mass is 16.4. The molecule has 0 saturated carbocycles. The van der Waals surface area contributed by atoms with Gasteiger partial charge in [0.05, 0.1) is 0 Å². The molecular formula is C12H18BNO2. The summed E-state index contributed by atoms with van der Waals surface area (Å²) in [6.07, 6.45) is 3.83. The number of hydrogen-bond acceptors (Lipinski definition) is 3. The van der Waals surface area contributed by atoms with Gasteiger partial charge in [-0.2, -0.15) is 0 Å². The third kappa shape index (κ3) is 2.39. The van der Waals surface area contributed by atoms with Crippen molar-refractivity contribution in [2.45, 2.75) is 26.2 Å². The Kier molecular flexibility index (Phi) is 3.51. The first-order valence-electron chi connectivity index (χ1n) is 5.90. The normalized spacial score (nSPS) is 16.3.